The van der Waals surface area contributed by atoms with Crippen LogP contribution in [0.5, 0.6) is 0 Å². The molecular weight excluding hydrogens is 440 g/mol. The summed E-state index contributed by atoms with van der Waals surface area (Å²) in [6.07, 6.45) is 1.59. The Labute approximate surface area is 218 Å². The fourth-order valence-corrected chi connectivity index (χ4v) is 5.22. The van der Waals surface area contributed by atoms with Gasteiger partial charge in [-0.05, 0) is 68.1 Å². The first-order valence-corrected chi connectivity index (χ1v) is 11.5. The minimum absolute atomic E-state index is 0.174. The van der Waals surface area contributed by atoms with E-state index in [1.165, 1.54) is 0 Å². The van der Waals surface area contributed by atoms with Gasteiger partial charge < -0.3 is 8.83 Å². The van der Waals surface area contributed by atoms with Crippen LogP contribution in [-0.4, -0.2) is 0 Å². The highest BCUT2D eigenvalue weighted by Gasteiger charge is 2.18. The summed E-state index contributed by atoms with van der Waals surface area (Å²) >= 11 is 0. The predicted octanol–water partition coefficient (Wildman–Crippen LogP) is 9.97. The molecule has 0 N–H and O–H groups in total. The van der Waals surface area contributed by atoms with E-state index in [1.54, 1.807) is 42.7 Å². The highest BCUT2D eigenvalue weighted by atomic mass is 16.4. The Morgan fingerprint density at radius 2 is 1.19 bits per heavy atom. The van der Waals surface area contributed by atoms with Crippen molar-refractivity contribution in [2.45, 2.75) is 0 Å². The van der Waals surface area contributed by atoms with Crippen LogP contribution in [0, 0.1) is 0 Å². The van der Waals surface area contributed by atoms with Crippen molar-refractivity contribution in [2.24, 2.45) is 0 Å². The quantitative estimate of drug-likeness (QED) is 0.236. The molecule has 0 saturated carbocycles. The van der Waals surface area contributed by atoms with Crippen molar-refractivity contribution in [3.05, 3.63) is 121 Å². The molecular formula is C34H20O2. The summed E-state index contributed by atoms with van der Waals surface area (Å²) in [4.78, 5) is 0. The normalized spacial score (nSPS) is 15.0. The van der Waals surface area contributed by atoms with E-state index in [9.17, 15) is 0 Å². The van der Waals surface area contributed by atoms with Crippen LogP contribution in [0.4, 0.5) is 0 Å². The third-order valence-corrected chi connectivity index (χ3v) is 6.78. The van der Waals surface area contributed by atoms with Crippen LogP contribution in [-0.2, 0) is 0 Å². The number of hydrogen-bond acceptors (Lipinski definition) is 2. The van der Waals surface area contributed by atoms with E-state index in [4.69, 9.17) is 19.8 Å². The fraction of sp³-hybridized carbons (Fsp3) is 0. The molecule has 2 heteroatoms. The van der Waals surface area contributed by atoms with E-state index in [2.05, 4.69) is 0 Å². The van der Waals surface area contributed by atoms with E-state index >= 15 is 0 Å². The molecule has 0 saturated heterocycles. The lowest BCUT2D eigenvalue weighted by Crippen LogP contribution is -1.90. The van der Waals surface area contributed by atoms with Gasteiger partial charge in [0.25, 0.3) is 0 Å². The Bertz CT molecular complexity index is 2450. The van der Waals surface area contributed by atoms with Crippen LogP contribution >= 0.6 is 0 Å². The molecule has 2 heterocycles. The largest absolute Gasteiger partial charge is 0.460 e. The molecule has 2 aromatic heterocycles. The number of benzene rings is 6. The van der Waals surface area contributed by atoms with Crippen molar-refractivity contribution >= 4 is 54.5 Å². The van der Waals surface area contributed by atoms with E-state index < -0.39 is 24.2 Å². The van der Waals surface area contributed by atoms with Crippen molar-refractivity contribution in [3.8, 4) is 22.3 Å². The van der Waals surface area contributed by atoms with Gasteiger partial charge in [0.15, 0.2) is 11.2 Å². The zero-order valence-corrected chi connectivity index (χ0v) is 18.7. The SMILES string of the molecule is [2H]c1c([2H])c([2H])c2c(-c3ccc4oc5c(ccc6ccoc65)c4c3)c3c([2H])c([2H])c([2H])c([2H])c3c(-c3ccccc3)c2c1[2H]. The molecule has 0 fully saturated rings. The molecule has 0 aliphatic rings. The van der Waals surface area contributed by atoms with Gasteiger partial charge in [-0.3, -0.25) is 0 Å². The lowest BCUT2D eigenvalue weighted by atomic mass is 9.86. The molecule has 0 bridgehead atoms. The molecule has 0 atom stereocenters. The van der Waals surface area contributed by atoms with Gasteiger partial charge >= 0.3 is 0 Å². The number of hydrogen-bond donors (Lipinski definition) is 0. The summed E-state index contributed by atoms with van der Waals surface area (Å²) < 4.78 is 82.4. The second-order valence-electron chi connectivity index (χ2n) is 8.71. The summed E-state index contributed by atoms with van der Waals surface area (Å²) in [5.41, 5.74) is 3.46. The van der Waals surface area contributed by atoms with Crippen LogP contribution < -0.4 is 0 Å². The van der Waals surface area contributed by atoms with Gasteiger partial charge in [-0.15, -0.1) is 0 Å². The number of fused-ring (bicyclic) bond motifs is 7. The van der Waals surface area contributed by atoms with Crippen LogP contribution in [0.1, 0.15) is 11.0 Å². The van der Waals surface area contributed by atoms with E-state index in [-0.39, 0.29) is 45.7 Å². The van der Waals surface area contributed by atoms with Crippen molar-refractivity contribution in [2.75, 3.05) is 0 Å². The first-order valence-electron chi connectivity index (χ1n) is 15.5. The summed E-state index contributed by atoms with van der Waals surface area (Å²) in [5, 5.41) is 3.11. The van der Waals surface area contributed by atoms with Crippen LogP contribution in [0.3, 0.4) is 0 Å². The van der Waals surface area contributed by atoms with E-state index in [0.29, 0.717) is 39.0 Å². The smallest absolute Gasteiger partial charge is 0.178 e. The standard InChI is InChI=1S/C34H20O2/c1-2-8-21(9-3-1)31-24-10-4-6-12-26(24)32(27-13-7-5-11-25(27)31)23-15-17-30-29(20-23)28-16-14-22-18-19-35-33(22)34(28)36-30/h1-20H/i4D,5D,6D,7D,10D,11D,12D,13D. The van der Waals surface area contributed by atoms with Crippen molar-refractivity contribution in [3.63, 3.8) is 0 Å². The van der Waals surface area contributed by atoms with Gasteiger partial charge in [-0.2, -0.15) is 0 Å². The third kappa shape index (κ3) is 2.67. The minimum atomic E-state index is -0.432. The van der Waals surface area contributed by atoms with Crippen molar-refractivity contribution in [1.29, 1.82) is 0 Å². The van der Waals surface area contributed by atoms with Gasteiger partial charge in [-0.1, -0.05) is 90.8 Å². The van der Waals surface area contributed by atoms with Crippen LogP contribution in [0.2, 0.25) is 0 Å². The first kappa shape index (κ1) is 13.3. The molecule has 0 unspecified atom stereocenters. The maximum Gasteiger partial charge on any atom is 0.178 e. The molecule has 168 valence electrons. The molecule has 0 amide bonds. The second-order valence-corrected chi connectivity index (χ2v) is 8.71. The fourth-order valence-electron chi connectivity index (χ4n) is 5.22. The lowest BCUT2D eigenvalue weighted by Gasteiger charge is -2.17. The highest BCUT2D eigenvalue weighted by molar-refractivity contribution is 6.22. The van der Waals surface area contributed by atoms with E-state index in [1.807, 2.05) is 30.3 Å². The zero-order valence-electron chi connectivity index (χ0n) is 26.7. The van der Waals surface area contributed by atoms with Crippen molar-refractivity contribution < 1.29 is 19.8 Å². The summed E-state index contributed by atoms with van der Waals surface area (Å²) in [5.74, 6) is 0. The van der Waals surface area contributed by atoms with Gasteiger partial charge in [0, 0.05) is 16.2 Å². The van der Waals surface area contributed by atoms with Gasteiger partial charge in [0.1, 0.15) is 5.58 Å². The summed E-state index contributed by atoms with van der Waals surface area (Å²) in [7, 11) is 0. The Hall–Kier alpha value is -4.82. The molecule has 0 aliphatic heterocycles. The average molecular weight is 469 g/mol. The highest BCUT2D eigenvalue weighted by Crippen LogP contribution is 2.45. The maximum atomic E-state index is 9.09. The molecule has 36 heavy (non-hydrogen) atoms. The summed E-state index contributed by atoms with van der Waals surface area (Å²) in [6.45, 7) is 0. The Morgan fingerprint density at radius 1 is 0.528 bits per heavy atom. The van der Waals surface area contributed by atoms with E-state index in [0.717, 1.165) is 16.2 Å². The van der Waals surface area contributed by atoms with Crippen LogP contribution in [0.25, 0.3) is 76.7 Å². The van der Waals surface area contributed by atoms with Gasteiger partial charge in [0.2, 0.25) is 0 Å². The predicted molar refractivity (Wildman–Crippen MR) is 149 cm³/mol. The molecule has 8 rings (SSSR count). The van der Waals surface area contributed by atoms with Gasteiger partial charge in [-0.25, -0.2) is 0 Å². The maximum absolute atomic E-state index is 9.09. The Morgan fingerprint density at radius 3 is 1.89 bits per heavy atom. The second kappa shape index (κ2) is 7.34. The zero-order chi connectivity index (χ0) is 30.6. The van der Waals surface area contributed by atoms with Gasteiger partial charge in [0.05, 0.1) is 17.2 Å². The Balaban J connectivity index is 1.64. The minimum Gasteiger partial charge on any atom is -0.460 e. The molecule has 6 aromatic carbocycles. The topological polar surface area (TPSA) is 26.3 Å². The molecule has 0 radical (unpaired) electrons. The molecule has 0 aliphatic carbocycles. The Kier molecular flexibility index (Phi) is 2.71. The third-order valence-electron chi connectivity index (χ3n) is 6.78. The lowest BCUT2D eigenvalue weighted by molar-refractivity contribution is 0.600. The average Bonchev–Trinajstić information content (AvgIpc) is 3.68. The molecule has 8 aromatic rings. The van der Waals surface area contributed by atoms with Crippen molar-refractivity contribution in [1.82, 2.24) is 0 Å². The number of furan rings is 2. The first-order chi connectivity index (χ1) is 21.2. The monoisotopic (exact) mass is 468 g/mol. The summed E-state index contributed by atoms with van der Waals surface area (Å²) in [6, 6.07) is 17.1. The molecule has 2 nitrogen and oxygen atoms in total. The molecule has 0 spiro atoms. The number of rotatable bonds is 2. The van der Waals surface area contributed by atoms with Crippen LogP contribution in [0.15, 0.2) is 130 Å².